The van der Waals surface area contributed by atoms with E-state index in [-0.39, 0.29) is 12.2 Å². The summed E-state index contributed by atoms with van der Waals surface area (Å²) >= 11 is 0. The summed E-state index contributed by atoms with van der Waals surface area (Å²) in [6.45, 7) is 5.19. The minimum atomic E-state index is -3.43. The number of carboxylic acid groups (broad SMARTS) is 1. The van der Waals surface area contributed by atoms with Gasteiger partial charge in [-0.3, -0.25) is 4.79 Å². The molecule has 0 fully saturated rings. The van der Waals surface area contributed by atoms with Crippen molar-refractivity contribution in [3.8, 4) is 0 Å². The number of aryl methyl sites for hydroxylation is 2. The summed E-state index contributed by atoms with van der Waals surface area (Å²) in [7, 11) is -3.43. The van der Waals surface area contributed by atoms with Crippen molar-refractivity contribution in [2.45, 2.75) is 38.2 Å². The van der Waals surface area contributed by atoms with Crippen LogP contribution in [0.4, 0.5) is 0 Å². The molecule has 0 bridgehead atoms. The van der Waals surface area contributed by atoms with Crippen molar-refractivity contribution < 1.29 is 18.3 Å². The first kappa shape index (κ1) is 14.7. The van der Waals surface area contributed by atoms with Gasteiger partial charge >= 0.3 is 5.97 Å². The average molecular weight is 270 g/mol. The van der Waals surface area contributed by atoms with Crippen molar-refractivity contribution in [1.82, 2.24) is 0 Å². The number of benzene rings is 1. The Morgan fingerprint density at radius 3 is 2.50 bits per heavy atom. The Morgan fingerprint density at radius 2 is 1.94 bits per heavy atom. The van der Waals surface area contributed by atoms with Gasteiger partial charge in [0.25, 0.3) is 0 Å². The molecule has 1 unspecified atom stereocenters. The zero-order valence-electron chi connectivity index (χ0n) is 10.8. The molecule has 18 heavy (non-hydrogen) atoms. The summed E-state index contributed by atoms with van der Waals surface area (Å²) in [5.41, 5.74) is 2.65. The lowest BCUT2D eigenvalue weighted by Crippen LogP contribution is -2.23. The number of hydrogen-bond acceptors (Lipinski definition) is 3. The zero-order chi connectivity index (χ0) is 13.9. The summed E-state index contributed by atoms with van der Waals surface area (Å²) < 4.78 is 24.1. The van der Waals surface area contributed by atoms with E-state index in [1.807, 2.05) is 32.0 Å². The Bertz CT molecular complexity index is 546. The van der Waals surface area contributed by atoms with Gasteiger partial charge in [-0.15, -0.1) is 0 Å². The Morgan fingerprint density at radius 1 is 1.33 bits per heavy atom. The Hall–Kier alpha value is -1.36. The zero-order valence-corrected chi connectivity index (χ0v) is 11.6. The van der Waals surface area contributed by atoms with Crippen LogP contribution in [0.1, 0.15) is 30.0 Å². The highest BCUT2D eigenvalue weighted by Crippen LogP contribution is 2.18. The van der Waals surface area contributed by atoms with Crippen LogP contribution in [0, 0.1) is 13.8 Å². The maximum atomic E-state index is 12.0. The minimum absolute atomic E-state index is 0.102. The quantitative estimate of drug-likeness (QED) is 0.889. The minimum Gasteiger partial charge on any atom is -0.481 e. The molecule has 1 N–H and O–H groups in total. The first-order chi connectivity index (χ1) is 8.22. The third-order valence-electron chi connectivity index (χ3n) is 2.94. The molecule has 100 valence electrons. The van der Waals surface area contributed by atoms with E-state index in [0.29, 0.717) is 0 Å². The van der Waals surface area contributed by atoms with Crippen molar-refractivity contribution in [3.05, 3.63) is 34.9 Å². The monoisotopic (exact) mass is 270 g/mol. The average Bonchev–Trinajstić information content (AvgIpc) is 2.22. The number of rotatable bonds is 5. The van der Waals surface area contributed by atoms with Crippen LogP contribution in [0.3, 0.4) is 0 Å². The number of sulfone groups is 1. The van der Waals surface area contributed by atoms with Crippen LogP contribution in [0.2, 0.25) is 0 Å². The molecule has 0 saturated carbocycles. The SMILES string of the molecule is Cc1ccc(C)c(CS(=O)(=O)C(C)CC(=O)O)c1. The van der Waals surface area contributed by atoms with Gasteiger partial charge in [-0.1, -0.05) is 23.8 Å². The molecule has 5 heteroatoms. The van der Waals surface area contributed by atoms with Crippen LogP contribution < -0.4 is 0 Å². The van der Waals surface area contributed by atoms with Crippen LogP contribution in [-0.2, 0) is 20.4 Å². The van der Waals surface area contributed by atoms with Crippen LogP contribution >= 0.6 is 0 Å². The van der Waals surface area contributed by atoms with E-state index in [9.17, 15) is 13.2 Å². The van der Waals surface area contributed by atoms with E-state index in [4.69, 9.17) is 5.11 Å². The van der Waals surface area contributed by atoms with E-state index in [1.165, 1.54) is 6.92 Å². The van der Waals surface area contributed by atoms with Gasteiger partial charge in [-0.2, -0.15) is 0 Å². The topological polar surface area (TPSA) is 71.4 Å². The summed E-state index contributed by atoms with van der Waals surface area (Å²) in [6.07, 6.45) is -0.354. The summed E-state index contributed by atoms with van der Waals surface area (Å²) in [4.78, 5) is 10.6. The number of carboxylic acids is 1. The maximum absolute atomic E-state index is 12.0. The van der Waals surface area contributed by atoms with Crippen LogP contribution in [0.5, 0.6) is 0 Å². The molecule has 0 aliphatic carbocycles. The second-order valence-corrected chi connectivity index (χ2v) is 7.06. The molecule has 0 aliphatic heterocycles. The van der Waals surface area contributed by atoms with Crippen molar-refractivity contribution >= 4 is 15.8 Å². The fourth-order valence-electron chi connectivity index (χ4n) is 1.69. The van der Waals surface area contributed by atoms with E-state index in [2.05, 4.69) is 0 Å². The van der Waals surface area contributed by atoms with Gasteiger partial charge < -0.3 is 5.11 Å². The molecule has 0 aliphatic rings. The first-order valence-electron chi connectivity index (χ1n) is 5.72. The van der Waals surface area contributed by atoms with Gasteiger partial charge in [0, 0.05) is 0 Å². The Labute approximate surface area is 108 Å². The predicted molar refractivity (Wildman–Crippen MR) is 70.3 cm³/mol. The molecule has 0 heterocycles. The van der Waals surface area contributed by atoms with Crippen LogP contribution in [-0.4, -0.2) is 24.7 Å². The second kappa shape index (κ2) is 5.52. The highest BCUT2D eigenvalue weighted by atomic mass is 32.2. The molecule has 1 atom stereocenters. The smallest absolute Gasteiger partial charge is 0.304 e. The molecule has 1 aromatic carbocycles. The number of hydrogen-bond donors (Lipinski definition) is 1. The van der Waals surface area contributed by atoms with Crippen molar-refractivity contribution in [2.24, 2.45) is 0 Å². The van der Waals surface area contributed by atoms with Gasteiger partial charge in [-0.25, -0.2) is 8.42 Å². The van der Waals surface area contributed by atoms with Crippen LogP contribution in [0.15, 0.2) is 18.2 Å². The van der Waals surface area contributed by atoms with Crippen LogP contribution in [0.25, 0.3) is 0 Å². The van der Waals surface area contributed by atoms with E-state index >= 15 is 0 Å². The second-order valence-electron chi connectivity index (χ2n) is 4.65. The third kappa shape index (κ3) is 3.84. The van der Waals surface area contributed by atoms with Gasteiger partial charge in [0.05, 0.1) is 17.4 Å². The lowest BCUT2D eigenvalue weighted by molar-refractivity contribution is -0.136. The third-order valence-corrected chi connectivity index (χ3v) is 5.04. The molecule has 1 aromatic rings. The highest BCUT2D eigenvalue weighted by Gasteiger charge is 2.24. The lowest BCUT2D eigenvalue weighted by atomic mass is 10.1. The highest BCUT2D eigenvalue weighted by molar-refractivity contribution is 7.91. The number of aliphatic carboxylic acids is 1. The van der Waals surface area contributed by atoms with Gasteiger partial charge in [0.2, 0.25) is 0 Å². The maximum Gasteiger partial charge on any atom is 0.304 e. The normalized spacial score (nSPS) is 13.3. The number of carbonyl (C=O) groups is 1. The summed E-state index contributed by atoms with van der Waals surface area (Å²) in [5, 5.41) is 7.78. The molecule has 0 spiro atoms. The summed E-state index contributed by atoms with van der Waals surface area (Å²) in [5.74, 6) is -1.19. The predicted octanol–water partition coefficient (Wildman–Crippen LogP) is 2.08. The van der Waals surface area contributed by atoms with Crippen molar-refractivity contribution in [2.75, 3.05) is 0 Å². The first-order valence-corrected chi connectivity index (χ1v) is 7.43. The molecule has 4 nitrogen and oxygen atoms in total. The molecule has 1 rings (SSSR count). The Kier molecular flexibility index (Phi) is 4.51. The molecular weight excluding hydrogens is 252 g/mol. The van der Waals surface area contributed by atoms with E-state index in [0.717, 1.165) is 16.7 Å². The molecular formula is C13H18O4S. The Balaban J connectivity index is 2.95. The molecule has 0 amide bonds. The van der Waals surface area contributed by atoms with Gasteiger partial charge in [0.15, 0.2) is 9.84 Å². The van der Waals surface area contributed by atoms with E-state index < -0.39 is 21.1 Å². The van der Waals surface area contributed by atoms with Crippen molar-refractivity contribution in [3.63, 3.8) is 0 Å². The standard InChI is InChI=1S/C13H18O4S/c1-9-4-5-10(2)12(6-9)8-18(16,17)11(3)7-13(14)15/h4-6,11H,7-8H2,1-3H3,(H,14,15). The molecule has 0 radical (unpaired) electrons. The van der Waals surface area contributed by atoms with Gasteiger partial charge in [0.1, 0.15) is 0 Å². The molecule has 0 aromatic heterocycles. The largest absolute Gasteiger partial charge is 0.481 e. The van der Waals surface area contributed by atoms with Crippen molar-refractivity contribution in [1.29, 1.82) is 0 Å². The fraction of sp³-hybridized carbons (Fsp3) is 0.462. The van der Waals surface area contributed by atoms with Gasteiger partial charge in [-0.05, 0) is 31.9 Å². The molecule has 0 saturated heterocycles. The summed E-state index contributed by atoms with van der Waals surface area (Å²) in [6, 6.07) is 5.63. The van der Waals surface area contributed by atoms with E-state index in [1.54, 1.807) is 0 Å². The lowest BCUT2D eigenvalue weighted by Gasteiger charge is -2.12. The fourth-order valence-corrected chi connectivity index (χ4v) is 3.11.